The maximum absolute atomic E-state index is 10.2. The first-order valence-electron chi connectivity index (χ1n) is 7.71. The van der Waals surface area contributed by atoms with Crippen molar-refractivity contribution in [3.8, 4) is 11.5 Å². The van der Waals surface area contributed by atoms with Crippen LogP contribution in [0.5, 0.6) is 11.5 Å². The maximum Gasteiger partial charge on any atom is 2.00 e. The Morgan fingerprint density at radius 1 is 0.759 bits per heavy atom. The van der Waals surface area contributed by atoms with Gasteiger partial charge in [-0.3, -0.25) is 9.59 Å². The fourth-order valence-electron chi connectivity index (χ4n) is 1.82. The minimum atomic E-state index is -1.31. The predicted molar refractivity (Wildman–Crippen MR) is 99.0 cm³/mol. The Hall–Kier alpha value is -2.82. The number of carboxylic acids is 2. The zero-order valence-corrected chi connectivity index (χ0v) is 17.4. The molecule has 0 aliphatic carbocycles. The van der Waals surface area contributed by atoms with Gasteiger partial charge in [-0.05, 0) is 24.3 Å². The van der Waals surface area contributed by atoms with Crippen molar-refractivity contribution >= 4 is 73.9 Å². The van der Waals surface area contributed by atoms with E-state index in [0.717, 1.165) is 0 Å². The van der Waals surface area contributed by atoms with E-state index in [-0.39, 0.29) is 37.7 Å². The molecule has 0 heterocycles. The zero-order valence-electron chi connectivity index (χ0n) is 15.2. The SMILES string of the molecule is O=CNc1ccccc1OCC(=O)[O-].O=CNc1ccccc1OCC(=O)[O-].[Ca+2]. The van der Waals surface area contributed by atoms with Gasteiger partial charge in [0, 0.05) is 0 Å². The number of anilines is 2. The Kier molecular flexibility index (Phi) is 13.7. The molecule has 0 fully saturated rings. The van der Waals surface area contributed by atoms with Gasteiger partial charge in [-0.25, -0.2) is 0 Å². The Morgan fingerprint density at radius 2 is 1.10 bits per heavy atom. The number of hydrogen-bond acceptors (Lipinski definition) is 8. The van der Waals surface area contributed by atoms with Crippen LogP contribution in [0.1, 0.15) is 0 Å². The molecule has 148 valence electrons. The second-order valence-electron chi connectivity index (χ2n) is 4.84. The van der Waals surface area contributed by atoms with Crippen molar-refractivity contribution in [3.63, 3.8) is 0 Å². The first kappa shape index (κ1) is 26.2. The third-order valence-corrected chi connectivity index (χ3v) is 2.89. The minimum Gasteiger partial charge on any atom is -0.546 e. The number of carbonyl (C=O) groups is 4. The van der Waals surface area contributed by atoms with Gasteiger partial charge >= 0.3 is 37.7 Å². The molecule has 0 spiro atoms. The van der Waals surface area contributed by atoms with Crippen LogP contribution in [0.2, 0.25) is 0 Å². The average Bonchev–Trinajstić information content (AvgIpc) is 2.67. The van der Waals surface area contributed by atoms with Crippen LogP contribution in [0.25, 0.3) is 0 Å². The predicted octanol–water partition coefficient (Wildman–Crippen LogP) is -1.61. The van der Waals surface area contributed by atoms with Crippen LogP contribution < -0.4 is 30.3 Å². The topological polar surface area (TPSA) is 157 Å². The molecule has 2 aromatic rings. The molecule has 2 rings (SSSR count). The van der Waals surface area contributed by atoms with E-state index in [9.17, 15) is 29.4 Å². The van der Waals surface area contributed by atoms with Gasteiger partial charge in [0.1, 0.15) is 24.7 Å². The number of aliphatic carboxylic acids is 2. The van der Waals surface area contributed by atoms with Crippen LogP contribution in [0.3, 0.4) is 0 Å². The molecular formula is C18H16CaN2O8. The quantitative estimate of drug-likeness (QED) is 0.338. The van der Waals surface area contributed by atoms with Gasteiger partial charge in [-0.15, -0.1) is 0 Å². The fraction of sp³-hybridized carbons (Fsp3) is 0.111. The minimum absolute atomic E-state index is 0. The van der Waals surface area contributed by atoms with Gasteiger partial charge in [-0.2, -0.15) is 0 Å². The van der Waals surface area contributed by atoms with E-state index in [1.54, 1.807) is 48.5 Å². The number of ether oxygens (including phenoxy) is 2. The summed E-state index contributed by atoms with van der Waals surface area (Å²) in [6, 6.07) is 13.0. The first-order valence-corrected chi connectivity index (χ1v) is 7.71. The number of rotatable bonds is 10. The van der Waals surface area contributed by atoms with Gasteiger partial charge in [0.2, 0.25) is 12.8 Å². The number of nitrogens with one attached hydrogen (secondary N) is 2. The Labute approximate surface area is 195 Å². The number of hydrogen-bond donors (Lipinski definition) is 2. The molecule has 0 saturated carbocycles. The molecule has 0 aliphatic rings. The molecule has 11 heteroatoms. The molecule has 0 saturated heterocycles. The molecule has 2 N–H and O–H groups in total. The summed E-state index contributed by atoms with van der Waals surface area (Å²) in [7, 11) is 0. The molecule has 0 unspecified atom stereocenters. The third-order valence-electron chi connectivity index (χ3n) is 2.89. The molecule has 0 aromatic heterocycles. The normalized spacial score (nSPS) is 8.83. The van der Waals surface area contributed by atoms with Crippen molar-refractivity contribution in [1.82, 2.24) is 0 Å². The zero-order chi connectivity index (χ0) is 20.8. The number of benzene rings is 2. The van der Waals surface area contributed by atoms with Crippen LogP contribution in [0.4, 0.5) is 11.4 Å². The average molecular weight is 428 g/mol. The van der Waals surface area contributed by atoms with Crippen molar-refractivity contribution in [2.45, 2.75) is 0 Å². The first-order chi connectivity index (χ1) is 13.5. The van der Waals surface area contributed by atoms with Crippen molar-refractivity contribution in [1.29, 1.82) is 0 Å². The number of carbonyl (C=O) groups excluding carboxylic acids is 4. The molecule has 0 radical (unpaired) electrons. The summed E-state index contributed by atoms with van der Waals surface area (Å²) in [5.41, 5.74) is 0.840. The second kappa shape index (κ2) is 15.1. The summed E-state index contributed by atoms with van der Waals surface area (Å²) in [6.45, 7) is -1.09. The van der Waals surface area contributed by atoms with Crippen molar-refractivity contribution in [2.24, 2.45) is 0 Å². The molecule has 2 amide bonds. The third kappa shape index (κ3) is 10.9. The number of carboxylic acid groups (broad SMARTS) is 2. The summed E-state index contributed by atoms with van der Waals surface area (Å²) in [6.07, 6.45) is 0.975. The summed E-state index contributed by atoms with van der Waals surface area (Å²) in [5, 5.41) is 25.0. The smallest absolute Gasteiger partial charge is 0.546 e. The number of amides is 2. The Balaban J connectivity index is 0.000000523. The van der Waals surface area contributed by atoms with E-state index in [1.165, 1.54) is 0 Å². The summed E-state index contributed by atoms with van der Waals surface area (Å²) in [5.74, 6) is -2.04. The largest absolute Gasteiger partial charge is 2.00 e. The van der Waals surface area contributed by atoms with Crippen LogP contribution in [0, 0.1) is 0 Å². The standard InChI is InChI=1S/2C9H9NO4.Ca/c2*11-6-10-7-3-1-2-4-8(7)14-5-9(12)13;/h2*1-4,6H,5H2,(H,10,11)(H,12,13);/q;;+2/p-2. The summed E-state index contributed by atoms with van der Waals surface area (Å²) in [4.78, 5) is 40.6. The molecule has 0 aliphatic heterocycles. The molecule has 2 aromatic carbocycles. The van der Waals surface area contributed by atoms with E-state index >= 15 is 0 Å². The van der Waals surface area contributed by atoms with E-state index < -0.39 is 25.2 Å². The second-order valence-corrected chi connectivity index (χ2v) is 4.84. The van der Waals surface area contributed by atoms with Crippen LogP contribution in [-0.4, -0.2) is 75.7 Å². The molecule has 10 nitrogen and oxygen atoms in total. The van der Waals surface area contributed by atoms with Crippen LogP contribution >= 0.6 is 0 Å². The van der Waals surface area contributed by atoms with Crippen LogP contribution in [-0.2, 0) is 19.2 Å². The van der Waals surface area contributed by atoms with Gasteiger partial charge in [-0.1, -0.05) is 24.3 Å². The van der Waals surface area contributed by atoms with Crippen LogP contribution in [0.15, 0.2) is 48.5 Å². The fourth-order valence-corrected chi connectivity index (χ4v) is 1.82. The van der Waals surface area contributed by atoms with E-state index in [2.05, 4.69) is 10.6 Å². The molecule has 0 bridgehead atoms. The van der Waals surface area contributed by atoms with E-state index in [4.69, 9.17) is 9.47 Å². The van der Waals surface area contributed by atoms with Gasteiger partial charge in [0.05, 0.1) is 23.3 Å². The Morgan fingerprint density at radius 3 is 1.41 bits per heavy atom. The van der Waals surface area contributed by atoms with Gasteiger partial charge < -0.3 is 39.9 Å². The number of para-hydroxylation sites is 4. The van der Waals surface area contributed by atoms with Gasteiger partial charge in [0.15, 0.2) is 0 Å². The summed E-state index contributed by atoms with van der Waals surface area (Å²) >= 11 is 0. The van der Waals surface area contributed by atoms with E-state index in [0.29, 0.717) is 35.7 Å². The van der Waals surface area contributed by atoms with Crippen molar-refractivity contribution < 1.29 is 38.9 Å². The Bertz CT molecular complexity index is 748. The molecular weight excluding hydrogens is 412 g/mol. The maximum atomic E-state index is 10.2. The van der Waals surface area contributed by atoms with Gasteiger partial charge in [0.25, 0.3) is 0 Å². The monoisotopic (exact) mass is 428 g/mol. The van der Waals surface area contributed by atoms with E-state index in [1.807, 2.05) is 0 Å². The molecule has 0 atom stereocenters. The van der Waals surface area contributed by atoms with Crippen molar-refractivity contribution in [2.75, 3.05) is 23.8 Å². The molecule has 29 heavy (non-hydrogen) atoms. The van der Waals surface area contributed by atoms with Crippen molar-refractivity contribution in [3.05, 3.63) is 48.5 Å². The summed E-state index contributed by atoms with van der Waals surface area (Å²) < 4.78 is 9.74.